The lowest BCUT2D eigenvalue weighted by atomic mass is 9.78. The Kier molecular flexibility index (Phi) is 9.65. The van der Waals surface area contributed by atoms with Crippen LogP contribution in [0, 0.1) is 5.82 Å². The number of aromatic amines is 1. The van der Waals surface area contributed by atoms with Gasteiger partial charge in [0, 0.05) is 23.1 Å². The van der Waals surface area contributed by atoms with Crippen LogP contribution in [0.2, 0.25) is 0 Å². The number of aliphatic hydroxyl groups excluding tert-OH is 1. The van der Waals surface area contributed by atoms with E-state index in [9.17, 15) is 28.7 Å². The minimum atomic E-state index is -1.18. The fraction of sp³-hybridized carbons (Fsp3) is 0.412. The van der Waals surface area contributed by atoms with E-state index in [1.165, 1.54) is 6.08 Å². The number of ether oxygens (including phenoxy) is 3. The molecule has 0 unspecified atom stereocenters. The first-order valence-corrected chi connectivity index (χ1v) is 14.6. The van der Waals surface area contributed by atoms with Gasteiger partial charge in [0.05, 0.1) is 25.5 Å². The lowest BCUT2D eigenvalue weighted by Gasteiger charge is -2.29. The van der Waals surface area contributed by atoms with Crippen molar-refractivity contribution < 1.29 is 33.3 Å². The van der Waals surface area contributed by atoms with Crippen molar-refractivity contribution in [2.45, 2.75) is 77.2 Å². The van der Waals surface area contributed by atoms with Crippen LogP contribution in [0.15, 0.2) is 58.3 Å². The molecule has 0 bridgehead atoms. The molecule has 3 atom stereocenters. The number of hydrogen-bond acceptors (Lipinski definition) is 8. The summed E-state index contributed by atoms with van der Waals surface area (Å²) in [5, 5.41) is 9.73. The van der Waals surface area contributed by atoms with Gasteiger partial charge >= 0.3 is 11.7 Å². The summed E-state index contributed by atoms with van der Waals surface area (Å²) in [6.45, 7) is 11.9. The average Bonchev–Trinajstić information content (AvgIpc) is 3.38. The van der Waals surface area contributed by atoms with Crippen LogP contribution in [0.4, 0.5) is 4.39 Å². The van der Waals surface area contributed by atoms with Gasteiger partial charge in [-0.15, -0.1) is 0 Å². The van der Waals surface area contributed by atoms with E-state index in [1.807, 2.05) is 17.1 Å². The van der Waals surface area contributed by atoms with Gasteiger partial charge in [0.1, 0.15) is 24.2 Å². The standard InChI is InChI=1S/C34H39FN2O8/c1-33(2,3)22-14-21(15-23(29(22)43-7)34(4,5)6)25(39)13-10-19-8-11-20(12-9-19)31(41)45-26-16-28(44-27(26)18-38)37-17-24(35)30(40)36-32(37)42/h8-15,17,26-28,38H,16,18H2,1-7H3,(H,36,40,42)/b13-10+/t26-,27+,28+/m0/s1. The van der Waals surface area contributed by atoms with E-state index in [0.717, 1.165) is 21.4 Å². The van der Waals surface area contributed by atoms with Gasteiger partial charge in [-0.3, -0.25) is 19.1 Å². The number of H-pyrrole nitrogens is 1. The molecule has 2 N–H and O–H groups in total. The van der Waals surface area contributed by atoms with Gasteiger partial charge in [0.25, 0.3) is 5.56 Å². The second-order valence-electron chi connectivity index (χ2n) is 13.1. The van der Waals surface area contributed by atoms with Gasteiger partial charge in [-0.2, -0.15) is 4.39 Å². The molecule has 240 valence electrons. The zero-order chi connectivity index (χ0) is 33.3. The first kappa shape index (κ1) is 33.5. The Morgan fingerprint density at radius 1 is 1.04 bits per heavy atom. The summed E-state index contributed by atoms with van der Waals surface area (Å²) < 4.78 is 31.5. The maximum Gasteiger partial charge on any atom is 0.338 e. The van der Waals surface area contributed by atoms with Crippen LogP contribution < -0.4 is 16.0 Å². The first-order chi connectivity index (χ1) is 21.0. The largest absolute Gasteiger partial charge is 0.496 e. The molecule has 1 aliphatic rings. The van der Waals surface area contributed by atoms with Gasteiger partial charge in [-0.25, -0.2) is 9.59 Å². The highest BCUT2D eigenvalue weighted by Crippen LogP contribution is 2.40. The van der Waals surface area contributed by atoms with Crippen molar-refractivity contribution in [3.63, 3.8) is 0 Å². The van der Waals surface area contributed by atoms with Crippen molar-refractivity contribution >= 4 is 17.8 Å². The maximum atomic E-state index is 13.8. The Hall–Kier alpha value is -4.35. The lowest BCUT2D eigenvalue weighted by molar-refractivity contribution is -0.0524. The number of hydrogen-bond donors (Lipinski definition) is 2. The number of nitrogens with zero attached hydrogens (tertiary/aromatic N) is 1. The number of allylic oxidation sites excluding steroid dienone is 1. The van der Waals surface area contributed by atoms with Gasteiger partial charge < -0.3 is 19.3 Å². The van der Waals surface area contributed by atoms with Crippen LogP contribution in [-0.4, -0.2) is 52.3 Å². The predicted octanol–water partition coefficient (Wildman–Crippen LogP) is 4.68. The average molecular weight is 623 g/mol. The lowest BCUT2D eigenvalue weighted by Crippen LogP contribution is -2.34. The maximum absolute atomic E-state index is 13.8. The summed E-state index contributed by atoms with van der Waals surface area (Å²) in [4.78, 5) is 51.5. The van der Waals surface area contributed by atoms with Crippen LogP contribution in [-0.2, 0) is 20.3 Å². The molecule has 3 aromatic rings. The molecule has 45 heavy (non-hydrogen) atoms. The minimum Gasteiger partial charge on any atom is -0.496 e. The van der Waals surface area contributed by atoms with Gasteiger partial charge in [-0.05, 0) is 46.7 Å². The van der Waals surface area contributed by atoms with E-state index >= 15 is 0 Å². The van der Waals surface area contributed by atoms with Crippen LogP contribution in [0.1, 0.15) is 91.6 Å². The SMILES string of the molecule is COc1c(C(C)(C)C)cc(C(=O)/C=C/c2ccc(C(=O)O[C@H]3C[C@H](n4cc(F)c(=O)[nH]c4=O)O[C@@H]3CO)cc2)cc1C(C)(C)C. The quantitative estimate of drug-likeness (QED) is 0.210. The Bertz CT molecular complexity index is 1690. The number of ketones is 1. The van der Waals surface area contributed by atoms with Crippen molar-refractivity contribution in [3.8, 4) is 5.75 Å². The van der Waals surface area contributed by atoms with E-state index in [4.69, 9.17) is 14.2 Å². The smallest absolute Gasteiger partial charge is 0.338 e. The summed E-state index contributed by atoms with van der Waals surface area (Å²) >= 11 is 0. The molecule has 0 saturated carbocycles. The number of methoxy groups -OCH3 is 1. The molecule has 10 nitrogen and oxygen atoms in total. The molecule has 1 aromatic heterocycles. The molecule has 0 radical (unpaired) electrons. The highest BCUT2D eigenvalue weighted by atomic mass is 19.1. The fourth-order valence-corrected chi connectivity index (χ4v) is 5.14. The van der Waals surface area contributed by atoms with Crippen molar-refractivity contribution in [1.29, 1.82) is 0 Å². The van der Waals surface area contributed by atoms with Gasteiger partial charge in [-0.1, -0.05) is 59.8 Å². The number of esters is 1. The van der Waals surface area contributed by atoms with E-state index in [1.54, 1.807) is 37.5 Å². The number of aliphatic hydroxyl groups is 1. The Morgan fingerprint density at radius 3 is 2.18 bits per heavy atom. The number of aromatic nitrogens is 2. The summed E-state index contributed by atoms with van der Waals surface area (Å²) in [5.41, 5.74) is 0.756. The third-order valence-electron chi connectivity index (χ3n) is 7.62. The molecule has 4 rings (SSSR count). The second-order valence-corrected chi connectivity index (χ2v) is 13.1. The minimum absolute atomic E-state index is 0.0511. The van der Waals surface area contributed by atoms with Crippen molar-refractivity contribution in [1.82, 2.24) is 9.55 Å². The fourth-order valence-electron chi connectivity index (χ4n) is 5.14. The third kappa shape index (κ3) is 7.49. The zero-order valence-electron chi connectivity index (χ0n) is 26.5. The summed E-state index contributed by atoms with van der Waals surface area (Å²) in [6, 6.07) is 10.2. The van der Waals surface area contributed by atoms with Crippen molar-refractivity contribution in [2.75, 3.05) is 13.7 Å². The highest BCUT2D eigenvalue weighted by molar-refractivity contribution is 6.07. The highest BCUT2D eigenvalue weighted by Gasteiger charge is 2.39. The summed E-state index contributed by atoms with van der Waals surface area (Å²) in [7, 11) is 1.64. The predicted molar refractivity (Wildman–Crippen MR) is 166 cm³/mol. The number of carbonyl (C=O) groups excluding carboxylic acids is 2. The molecule has 0 aliphatic carbocycles. The molecule has 1 fully saturated rings. The molecule has 1 saturated heterocycles. The molecular weight excluding hydrogens is 583 g/mol. The van der Waals surface area contributed by atoms with E-state index in [0.29, 0.717) is 17.3 Å². The Morgan fingerprint density at radius 2 is 1.64 bits per heavy atom. The Labute approximate surface area is 260 Å². The molecular formula is C34H39FN2O8. The molecule has 1 aliphatic heterocycles. The number of nitrogens with one attached hydrogen (secondary N) is 1. The molecule has 11 heteroatoms. The Balaban J connectivity index is 1.48. The van der Waals surface area contributed by atoms with Gasteiger partial charge in [0.2, 0.25) is 5.82 Å². The van der Waals surface area contributed by atoms with Crippen LogP contribution in [0.5, 0.6) is 5.75 Å². The summed E-state index contributed by atoms with van der Waals surface area (Å²) in [5.74, 6) is -1.27. The molecule has 2 aromatic carbocycles. The van der Waals surface area contributed by atoms with E-state index < -0.39 is 48.1 Å². The zero-order valence-corrected chi connectivity index (χ0v) is 26.5. The third-order valence-corrected chi connectivity index (χ3v) is 7.62. The number of halogens is 1. The number of rotatable bonds is 8. The number of benzene rings is 2. The molecule has 0 amide bonds. The second kappa shape index (κ2) is 12.9. The first-order valence-electron chi connectivity index (χ1n) is 14.6. The van der Waals surface area contributed by atoms with Crippen LogP contribution >= 0.6 is 0 Å². The molecule has 2 heterocycles. The van der Waals surface area contributed by atoms with Gasteiger partial charge in [0.15, 0.2) is 5.78 Å². The van der Waals surface area contributed by atoms with Crippen LogP contribution in [0.25, 0.3) is 6.08 Å². The number of carbonyl (C=O) groups is 2. The summed E-state index contributed by atoms with van der Waals surface area (Å²) in [6.07, 6.45) is 0.837. The van der Waals surface area contributed by atoms with Crippen molar-refractivity contribution in [3.05, 3.63) is 103 Å². The van der Waals surface area contributed by atoms with Crippen molar-refractivity contribution in [2.24, 2.45) is 0 Å². The topological polar surface area (TPSA) is 137 Å². The van der Waals surface area contributed by atoms with E-state index in [2.05, 4.69) is 41.5 Å². The monoisotopic (exact) mass is 622 g/mol. The van der Waals surface area contributed by atoms with Crippen LogP contribution in [0.3, 0.4) is 0 Å². The van der Waals surface area contributed by atoms with E-state index in [-0.39, 0.29) is 28.6 Å². The normalized spacial score (nSPS) is 18.7. The molecule has 0 spiro atoms.